The predicted octanol–water partition coefficient (Wildman–Crippen LogP) is 12.4. The standard InChI is InChI=1S/C49H31N3/c1-3-15-32-29(12-1)14-11-21-37(32)48-38-19-7-9-22-41(38)50-49(51-48)52-42-23-10-8-20-39(42)46-43(52)28-40-44-31(25-24-30-13-2-4-16-33(30)44)26-27-36-34-17-5-6-18-35(34)47(46)45(36)40/h1-25,28,36H,26-27H2. The molecule has 2 aliphatic carbocycles. The van der Waals surface area contributed by atoms with E-state index in [0.29, 0.717) is 11.9 Å². The molecule has 0 amide bonds. The molecular formula is C49H31N3. The number of para-hydroxylation sites is 2. The maximum absolute atomic E-state index is 5.55. The molecule has 0 saturated heterocycles. The van der Waals surface area contributed by atoms with Gasteiger partial charge in [0.2, 0.25) is 5.95 Å². The Morgan fingerprint density at radius 1 is 0.500 bits per heavy atom. The monoisotopic (exact) mass is 661 g/mol. The number of benzene rings is 8. The van der Waals surface area contributed by atoms with Crippen LogP contribution >= 0.6 is 0 Å². The van der Waals surface area contributed by atoms with Gasteiger partial charge in [-0.05, 0) is 91.5 Å². The number of fused-ring (bicyclic) bond motifs is 13. The first kappa shape index (κ1) is 28.2. The lowest BCUT2D eigenvalue weighted by molar-refractivity contribution is 0.740. The van der Waals surface area contributed by atoms with Gasteiger partial charge in [-0.1, -0.05) is 140 Å². The van der Waals surface area contributed by atoms with Crippen molar-refractivity contribution in [3.8, 4) is 39.5 Å². The number of hydrogen-bond acceptors (Lipinski definition) is 2. The van der Waals surface area contributed by atoms with Crippen LogP contribution < -0.4 is 0 Å². The largest absolute Gasteiger partial charge is 0.278 e. The lowest BCUT2D eigenvalue weighted by Gasteiger charge is -2.18. The average molecular weight is 662 g/mol. The summed E-state index contributed by atoms with van der Waals surface area (Å²) >= 11 is 0. The molecule has 3 nitrogen and oxygen atoms in total. The molecule has 8 aromatic carbocycles. The van der Waals surface area contributed by atoms with Gasteiger partial charge in [0.1, 0.15) is 0 Å². The fraction of sp³-hybridized carbons (Fsp3) is 0.0612. The Bertz CT molecular complexity index is 3140. The van der Waals surface area contributed by atoms with E-state index in [-0.39, 0.29) is 0 Å². The van der Waals surface area contributed by atoms with Gasteiger partial charge in [0.25, 0.3) is 0 Å². The highest BCUT2D eigenvalue weighted by atomic mass is 15.2. The van der Waals surface area contributed by atoms with Crippen molar-refractivity contribution in [1.82, 2.24) is 14.5 Å². The van der Waals surface area contributed by atoms with Gasteiger partial charge in [-0.25, -0.2) is 9.97 Å². The fourth-order valence-electron chi connectivity index (χ4n) is 9.64. The summed E-state index contributed by atoms with van der Waals surface area (Å²) in [7, 11) is 0. The number of hydrogen-bond donors (Lipinski definition) is 0. The van der Waals surface area contributed by atoms with Crippen LogP contribution in [0.5, 0.6) is 0 Å². The molecule has 3 heteroatoms. The van der Waals surface area contributed by atoms with Crippen LogP contribution in [0.4, 0.5) is 0 Å². The van der Waals surface area contributed by atoms with Crippen LogP contribution in [0.3, 0.4) is 0 Å². The highest BCUT2D eigenvalue weighted by molar-refractivity contribution is 6.20. The maximum Gasteiger partial charge on any atom is 0.235 e. The predicted molar refractivity (Wildman–Crippen MR) is 215 cm³/mol. The Morgan fingerprint density at radius 3 is 2.10 bits per heavy atom. The third kappa shape index (κ3) is 3.75. The molecule has 0 aliphatic heterocycles. The van der Waals surface area contributed by atoms with Crippen LogP contribution in [-0.4, -0.2) is 14.5 Å². The van der Waals surface area contributed by atoms with Gasteiger partial charge in [0.05, 0.1) is 22.2 Å². The van der Waals surface area contributed by atoms with E-state index >= 15 is 0 Å². The van der Waals surface area contributed by atoms with Crippen molar-refractivity contribution < 1.29 is 0 Å². The minimum atomic E-state index is 0.341. The summed E-state index contributed by atoms with van der Waals surface area (Å²) < 4.78 is 2.34. The van der Waals surface area contributed by atoms with E-state index < -0.39 is 0 Å². The summed E-state index contributed by atoms with van der Waals surface area (Å²) in [4.78, 5) is 10.9. The minimum absolute atomic E-state index is 0.341. The van der Waals surface area contributed by atoms with E-state index in [1.54, 1.807) is 0 Å². The van der Waals surface area contributed by atoms with Crippen molar-refractivity contribution in [2.24, 2.45) is 0 Å². The second kappa shape index (κ2) is 10.5. The van der Waals surface area contributed by atoms with Crippen LogP contribution in [0.15, 0.2) is 158 Å². The normalized spacial score (nSPS) is 14.6. The summed E-state index contributed by atoms with van der Waals surface area (Å²) in [5, 5.41) is 8.56. The molecule has 1 atom stereocenters. The Labute approximate surface area is 300 Å². The number of aromatic nitrogens is 3. The SMILES string of the molecule is c1ccc2c(c1)-c1c3c(cc4c1c1ccccc1n4-c1nc(-c4cccc5ccccc45)c4ccccc4n1)-c1c(ccc4ccccc14)CCC23. The number of aryl methyl sites for hydroxylation is 1. The molecule has 1 unspecified atom stereocenters. The highest BCUT2D eigenvalue weighted by Crippen LogP contribution is 2.57. The van der Waals surface area contributed by atoms with Gasteiger partial charge in [-0.15, -0.1) is 0 Å². The second-order valence-corrected chi connectivity index (χ2v) is 14.4. The van der Waals surface area contributed by atoms with Crippen LogP contribution in [0, 0.1) is 0 Å². The lowest BCUT2D eigenvalue weighted by Crippen LogP contribution is -2.04. The van der Waals surface area contributed by atoms with Gasteiger partial charge in [-0.3, -0.25) is 4.57 Å². The molecule has 0 spiro atoms. The van der Waals surface area contributed by atoms with Gasteiger partial charge in [0, 0.05) is 27.6 Å². The second-order valence-electron chi connectivity index (χ2n) is 14.4. The first-order valence-corrected chi connectivity index (χ1v) is 18.3. The molecule has 0 bridgehead atoms. The molecule has 0 saturated carbocycles. The van der Waals surface area contributed by atoms with Crippen molar-refractivity contribution in [1.29, 1.82) is 0 Å². The molecule has 242 valence electrons. The zero-order valence-electron chi connectivity index (χ0n) is 28.3. The quantitative estimate of drug-likeness (QED) is 0.185. The molecule has 2 heterocycles. The van der Waals surface area contributed by atoms with Crippen LogP contribution in [0.2, 0.25) is 0 Å². The molecule has 10 aromatic rings. The van der Waals surface area contributed by atoms with E-state index in [1.165, 1.54) is 71.3 Å². The van der Waals surface area contributed by atoms with Crippen molar-refractivity contribution in [2.45, 2.75) is 18.8 Å². The Kier molecular flexibility index (Phi) is 5.67. The maximum atomic E-state index is 5.55. The molecular weight excluding hydrogens is 631 g/mol. The number of nitrogens with zero attached hydrogens (tertiary/aromatic N) is 3. The third-order valence-electron chi connectivity index (χ3n) is 11.8. The molecule has 52 heavy (non-hydrogen) atoms. The van der Waals surface area contributed by atoms with Crippen LogP contribution in [0.1, 0.15) is 29.0 Å². The van der Waals surface area contributed by atoms with Crippen molar-refractivity contribution >= 4 is 54.3 Å². The molecule has 12 rings (SSSR count). The average Bonchev–Trinajstić information content (AvgIpc) is 3.65. The summed E-state index contributed by atoms with van der Waals surface area (Å²) in [5.74, 6) is 1.03. The molecule has 2 aromatic heterocycles. The minimum Gasteiger partial charge on any atom is -0.278 e. The summed E-state index contributed by atoms with van der Waals surface area (Å²) in [6, 6.07) is 57.6. The van der Waals surface area contributed by atoms with E-state index in [4.69, 9.17) is 9.97 Å². The fourth-order valence-corrected chi connectivity index (χ4v) is 9.64. The van der Waals surface area contributed by atoms with Crippen molar-refractivity contribution in [2.75, 3.05) is 0 Å². The van der Waals surface area contributed by atoms with Crippen molar-refractivity contribution in [3.63, 3.8) is 0 Å². The van der Waals surface area contributed by atoms with Gasteiger partial charge >= 0.3 is 0 Å². The summed E-state index contributed by atoms with van der Waals surface area (Å²) in [6.07, 6.45) is 2.13. The summed E-state index contributed by atoms with van der Waals surface area (Å²) in [5.41, 5.74) is 15.0. The Balaban J connectivity index is 1.26. The van der Waals surface area contributed by atoms with Gasteiger partial charge in [0.15, 0.2) is 0 Å². The van der Waals surface area contributed by atoms with E-state index in [2.05, 4.69) is 162 Å². The Morgan fingerprint density at radius 2 is 1.19 bits per heavy atom. The Hall–Kier alpha value is -6.58. The first-order valence-electron chi connectivity index (χ1n) is 18.3. The lowest BCUT2D eigenvalue weighted by atomic mass is 9.87. The topological polar surface area (TPSA) is 30.7 Å². The third-order valence-corrected chi connectivity index (χ3v) is 11.8. The van der Waals surface area contributed by atoms with Crippen LogP contribution in [0.25, 0.3) is 93.7 Å². The molecule has 0 N–H and O–H groups in total. The van der Waals surface area contributed by atoms with Crippen molar-refractivity contribution in [3.05, 3.63) is 174 Å². The van der Waals surface area contributed by atoms with Crippen LogP contribution in [-0.2, 0) is 6.42 Å². The van der Waals surface area contributed by atoms with Gasteiger partial charge < -0.3 is 0 Å². The van der Waals surface area contributed by atoms with E-state index in [1.807, 2.05) is 0 Å². The zero-order valence-corrected chi connectivity index (χ0v) is 28.3. The van der Waals surface area contributed by atoms with E-state index in [9.17, 15) is 0 Å². The smallest absolute Gasteiger partial charge is 0.235 e. The summed E-state index contributed by atoms with van der Waals surface area (Å²) in [6.45, 7) is 0. The number of rotatable bonds is 2. The van der Waals surface area contributed by atoms with E-state index in [0.717, 1.165) is 46.0 Å². The molecule has 0 radical (unpaired) electrons. The molecule has 0 fully saturated rings. The molecule has 2 aliphatic rings. The first-order chi connectivity index (χ1) is 25.8. The van der Waals surface area contributed by atoms with Gasteiger partial charge in [-0.2, -0.15) is 0 Å². The highest BCUT2D eigenvalue weighted by Gasteiger charge is 2.37. The zero-order chi connectivity index (χ0) is 33.9.